The predicted octanol–water partition coefficient (Wildman–Crippen LogP) is 5.42. The molecule has 0 aliphatic rings. The SMILES string of the molecule is Cc1ccc(NC(=O)CSc2nnc(-c3ccc(Cl)cc3)n2Cc2ccco2)cc1F. The van der Waals surface area contributed by atoms with Crippen molar-refractivity contribution in [2.45, 2.75) is 18.6 Å². The van der Waals surface area contributed by atoms with Gasteiger partial charge in [-0.2, -0.15) is 0 Å². The Morgan fingerprint density at radius 3 is 2.71 bits per heavy atom. The summed E-state index contributed by atoms with van der Waals surface area (Å²) in [6, 6.07) is 15.5. The van der Waals surface area contributed by atoms with E-state index in [1.807, 2.05) is 28.8 Å². The van der Waals surface area contributed by atoms with Gasteiger partial charge < -0.3 is 9.73 Å². The molecule has 2 aromatic heterocycles. The minimum absolute atomic E-state index is 0.0897. The van der Waals surface area contributed by atoms with Crippen LogP contribution in [0.1, 0.15) is 11.3 Å². The molecule has 0 radical (unpaired) electrons. The number of carbonyl (C=O) groups excluding carboxylic acids is 1. The number of anilines is 1. The van der Waals surface area contributed by atoms with Crippen LogP contribution in [0.3, 0.4) is 0 Å². The van der Waals surface area contributed by atoms with Gasteiger partial charge in [0.15, 0.2) is 11.0 Å². The molecule has 31 heavy (non-hydrogen) atoms. The molecule has 0 saturated carbocycles. The van der Waals surface area contributed by atoms with Crippen molar-refractivity contribution in [1.29, 1.82) is 0 Å². The molecule has 0 bridgehead atoms. The van der Waals surface area contributed by atoms with Crippen molar-refractivity contribution >= 4 is 35.0 Å². The summed E-state index contributed by atoms with van der Waals surface area (Å²) in [6.45, 7) is 2.08. The number of amides is 1. The second kappa shape index (κ2) is 9.36. The summed E-state index contributed by atoms with van der Waals surface area (Å²) in [6.07, 6.45) is 1.60. The first kappa shape index (κ1) is 21.1. The van der Waals surface area contributed by atoms with Crippen molar-refractivity contribution in [2.75, 3.05) is 11.1 Å². The molecule has 0 aliphatic heterocycles. The molecule has 0 spiro atoms. The Labute approximate surface area is 187 Å². The summed E-state index contributed by atoms with van der Waals surface area (Å²) in [4.78, 5) is 12.4. The molecular weight excluding hydrogens is 439 g/mol. The summed E-state index contributed by atoms with van der Waals surface area (Å²) in [5.41, 5.74) is 1.77. The van der Waals surface area contributed by atoms with Crippen LogP contribution in [0.25, 0.3) is 11.4 Å². The Morgan fingerprint density at radius 1 is 1.19 bits per heavy atom. The first-order valence-corrected chi connectivity index (χ1v) is 10.8. The first-order valence-electron chi connectivity index (χ1n) is 9.40. The van der Waals surface area contributed by atoms with Gasteiger partial charge in [0.1, 0.15) is 11.6 Å². The first-order chi connectivity index (χ1) is 15.0. The van der Waals surface area contributed by atoms with Gasteiger partial charge >= 0.3 is 0 Å². The zero-order valence-electron chi connectivity index (χ0n) is 16.5. The van der Waals surface area contributed by atoms with Gasteiger partial charge in [0.2, 0.25) is 5.91 Å². The molecule has 2 aromatic carbocycles. The molecule has 0 saturated heterocycles. The average Bonchev–Trinajstić information content (AvgIpc) is 3.40. The normalized spacial score (nSPS) is 10.9. The zero-order valence-corrected chi connectivity index (χ0v) is 18.1. The van der Waals surface area contributed by atoms with Crippen LogP contribution in [0.4, 0.5) is 10.1 Å². The molecule has 4 aromatic rings. The van der Waals surface area contributed by atoms with Crippen molar-refractivity contribution in [3.63, 3.8) is 0 Å². The summed E-state index contributed by atoms with van der Waals surface area (Å²) in [5.74, 6) is 0.824. The fourth-order valence-electron chi connectivity index (χ4n) is 2.91. The van der Waals surface area contributed by atoms with Gasteiger partial charge in [-0.15, -0.1) is 10.2 Å². The molecule has 158 valence electrons. The molecule has 4 rings (SSSR count). The van der Waals surface area contributed by atoms with Gasteiger partial charge in [0.25, 0.3) is 0 Å². The number of rotatable bonds is 7. The van der Waals surface area contributed by atoms with E-state index < -0.39 is 0 Å². The molecule has 2 heterocycles. The number of nitrogens with zero attached hydrogens (tertiary/aromatic N) is 3. The van der Waals surface area contributed by atoms with Gasteiger partial charge in [-0.3, -0.25) is 9.36 Å². The fraction of sp³-hybridized carbons (Fsp3) is 0.136. The Morgan fingerprint density at radius 2 is 2.00 bits per heavy atom. The number of aryl methyl sites for hydroxylation is 1. The second-order valence-electron chi connectivity index (χ2n) is 6.78. The lowest BCUT2D eigenvalue weighted by molar-refractivity contribution is -0.113. The van der Waals surface area contributed by atoms with E-state index in [0.29, 0.717) is 33.8 Å². The third-order valence-electron chi connectivity index (χ3n) is 4.50. The van der Waals surface area contributed by atoms with Crippen LogP contribution in [0.5, 0.6) is 0 Å². The van der Waals surface area contributed by atoms with E-state index >= 15 is 0 Å². The van der Waals surface area contributed by atoms with Crippen LogP contribution in [0.2, 0.25) is 5.02 Å². The van der Waals surface area contributed by atoms with E-state index in [1.54, 1.807) is 37.5 Å². The van der Waals surface area contributed by atoms with E-state index in [9.17, 15) is 9.18 Å². The van der Waals surface area contributed by atoms with E-state index in [0.717, 1.165) is 11.3 Å². The van der Waals surface area contributed by atoms with Crippen LogP contribution in [-0.4, -0.2) is 26.4 Å². The van der Waals surface area contributed by atoms with Crippen LogP contribution in [0, 0.1) is 12.7 Å². The van der Waals surface area contributed by atoms with E-state index in [1.165, 1.54) is 17.8 Å². The monoisotopic (exact) mass is 456 g/mol. The summed E-state index contributed by atoms with van der Waals surface area (Å²) in [7, 11) is 0. The maximum Gasteiger partial charge on any atom is 0.234 e. The van der Waals surface area contributed by atoms with Crippen molar-refractivity contribution in [3.8, 4) is 11.4 Å². The average molecular weight is 457 g/mol. The van der Waals surface area contributed by atoms with Crippen LogP contribution in [-0.2, 0) is 11.3 Å². The lowest BCUT2D eigenvalue weighted by atomic mass is 10.2. The van der Waals surface area contributed by atoms with Gasteiger partial charge in [-0.1, -0.05) is 29.4 Å². The van der Waals surface area contributed by atoms with Gasteiger partial charge in [-0.05, 0) is 61.0 Å². The predicted molar refractivity (Wildman–Crippen MR) is 119 cm³/mol. The van der Waals surface area contributed by atoms with Gasteiger partial charge in [0, 0.05) is 16.3 Å². The molecule has 9 heteroatoms. The summed E-state index contributed by atoms with van der Waals surface area (Å²) < 4.78 is 21.1. The minimum Gasteiger partial charge on any atom is -0.467 e. The van der Waals surface area contributed by atoms with Crippen molar-refractivity contribution in [1.82, 2.24) is 14.8 Å². The molecule has 1 amide bonds. The molecule has 0 atom stereocenters. The fourth-order valence-corrected chi connectivity index (χ4v) is 3.77. The summed E-state index contributed by atoms with van der Waals surface area (Å²) >= 11 is 7.24. The van der Waals surface area contributed by atoms with Crippen LogP contribution < -0.4 is 5.32 Å². The van der Waals surface area contributed by atoms with Crippen LogP contribution in [0.15, 0.2) is 70.4 Å². The standard InChI is InChI=1S/C22H18ClFN4O2S/c1-14-4-9-17(11-19(14)24)25-20(29)13-31-22-27-26-21(15-5-7-16(23)8-6-15)28(22)12-18-3-2-10-30-18/h2-11H,12-13H2,1H3,(H,25,29). The highest BCUT2D eigenvalue weighted by molar-refractivity contribution is 7.99. The quantitative estimate of drug-likeness (QED) is 0.376. The smallest absolute Gasteiger partial charge is 0.234 e. The highest BCUT2D eigenvalue weighted by atomic mass is 35.5. The lowest BCUT2D eigenvalue weighted by Crippen LogP contribution is -2.15. The van der Waals surface area contributed by atoms with Crippen molar-refractivity contribution in [3.05, 3.63) is 83.0 Å². The number of furan rings is 1. The number of hydrogen-bond acceptors (Lipinski definition) is 5. The van der Waals surface area contributed by atoms with Crippen molar-refractivity contribution < 1.29 is 13.6 Å². The maximum atomic E-state index is 13.7. The number of nitrogens with one attached hydrogen (secondary N) is 1. The Bertz CT molecular complexity index is 1190. The molecule has 1 N–H and O–H groups in total. The highest BCUT2D eigenvalue weighted by Gasteiger charge is 2.17. The topological polar surface area (TPSA) is 73.0 Å². The zero-order chi connectivity index (χ0) is 21.8. The Hall–Kier alpha value is -3.10. The number of halogens is 2. The lowest BCUT2D eigenvalue weighted by Gasteiger charge is -2.09. The number of thioether (sulfide) groups is 1. The van der Waals surface area contributed by atoms with Crippen LogP contribution >= 0.6 is 23.4 Å². The van der Waals surface area contributed by atoms with Gasteiger partial charge in [0.05, 0.1) is 18.6 Å². The number of aromatic nitrogens is 3. The molecule has 0 unspecified atom stereocenters. The molecule has 0 fully saturated rings. The number of carbonyl (C=O) groups is 1. The molecule has 6 nitrogen and oxygen atoms in total. The largest absolute Gasteiger partial charge is 0.467 e. The van der Waals surface area contributed by atoms with E-state index in [2.05, 4.69) is 15.5 Å². The maximum absolute atomic E-state index is 13.7. The Kier molecular flexibility index (Phi) is 6.39. The second-order valence-corrected chi connectivity index (χ2v) is 8.16. The minimum atomic E-state index is -0.365. The summed E-state index contributed by atoms with van der Waals surface area (Å²) in [5, 5.41) is 12.5. The number of hydrogen-bond donors (Lipinski definition) is 1. The molecular formula is C22H18ClFN4O2S. The van der Waals surface area contributed by atoms with Crippen molar-refractivity contribution in [2.24, 2.45) is 0 Å². The molecule has 0 aliphatic carbocycles. The van der Waals surface area contributed by atoms with Gasteiger partial charge in [-0.25, -0.2) is 4.39 Å². The third-order valence-corrected chi connectivity index (χ3v) is 5.72. The number of benzene rings is 2. The third kappa shape index (κ3) is 5.15. The van der Waals surface area contributed by atoms with E-state index in [-0.39, 0.29) is 17.5 Å². The Balaban J connectivity index is 1.52. The highest BCUT2D eigenvalue weighted by Crippen LogP contribution is 2.26. The van der Waals surface area contributed by atoms with E-state index in [4.69, 9.17) is 16.0 Å².